The van der Waals surface area contributed by atoms with Crippen molar-refractivity contribution in [3.63, 3.8) is 0 Å². The summed E-state index contributed by atoms with van der Waals surface area (Å²) in [6, 6.07) is 4.52. The summed E-state index contributed by atoms with van der Waals surface area (Å²) >= 11 is 0. The maximum atomic E-state index is 12.1. The molecule has 0 aliphatic rings. The van der Waals surface area contributed by atoms with Crippen LogP contribution in [0.4, 0.5) is 11.4 Å². The maximum absolute atomic E-state index is 12.1. The Bertz CT molecular complexity index is 581. The van der Waals surface area contributed by atoms with Gasteiger partial charge in [-0.25, -0.2) is 12.7 Å². The molecule has 0 fully saturated rings. The number of hydrogen-bond acceptors (Lipinski definition) is 5. The Labute approximate surface area is 127 Å². The van der Waals surface area contributed by atoms with Crippen molar-refractivity contribution in [2.75, 3.05) is 31.7 Å². The van der Waals surface area contributed by atoms with Crippen LogP contribution < -0.4 is 11.1 Å². The van der Waals surface area contributed by atoms with E-state index < -0.39 is 15.6 Å². The van der Waals surface area contributed by atoms with Crippen LogP contribution in [0, 0.1) is 0 Å². The molecule has 1 rings (SSSR count). The second-order valence-electron chi connectivity index (χ2n) is 5.32. The predicted molar refractivity (Wildman–Crippen MR) is 85.7 cm³/mol. The fraction of sp³-hybridized carbons (Fsp3) is 0.571. The smallest absolute Gasteiger partial charge is 0.242 e. The Morgan fingerprint density at radius 3 is 2.33 bits per heavy atom. The van der Waals surface area contributed by atoms with Gasteiger partial charge in [0.1, 0.15) is 0 Å². The SMILES string of the molecule is CCC(O)(CC)CNc1cc(S(=O)(=O)N(C)C)ccc1N. The quantitative estimate of drug-likeness (QED) is 0.662. The Hall–Kier alpha value is -1.31. The van der Waals surface area contributed by atoms with Crippen LogP contribution in [0.1, 0.15) is 26.7 Å². The van der Waals surface area contributed by atoms with E-state index >= 15 is 0 Å². The van der Waals surface area contributed by atoms with Gasteiger partial charge in [-0.1, -0.05) is 13.8 Å². The lowest BCUT2D eigenvalue weighted by Crippen LogP contribution is -2.35. The molecule has 0 bridgehead atoms. The summed E-state index contributed by atoms with van der Waals surface area (Å²) in [6.45, 7) is 4.12. The van der Waals surface area contributed by atoms with Gasteiger partial charge in [0.25, 0.3) is 0 Å². The van der Waals surface area contributed by atoms with E-state index in [0.29, 0.717) is 30.8 Å². The van der Waals surface area contributed by atoms with Gasteiger partial charge in [-0.05, 0) is 31.0 Å². The van der Waals surface area contributed by atoms with Crippen molar-refractivity contribution >= 4 is 21.4 Å². The summed E-state index contributed by atoms with van der Waals surface area (Å²) < 4.78 is 25.4. The number of rotatable bonds is 7. The van der Waals surface area contributed by atoms with E-state index in [1.54, 1.807) is 6.07 Å². The fourth-order valence-electron chi connectivity index (χ4n) is 1.82. The van der Waals surface area contributed by atoms with Gasteiger partial charge >= 0.3 is 0 Å². The molecule has 0 saturated carbocycles. The van der Waals surface area contributed by atoms with Crippen molar-refractivity contribution in [2.45, 2.75) is 37.2 Å². The maximum Gasteiger partial charge on any atom is 0.242 e. The number of benzene rings is 1. The second kappa shape index (κ2) is 6.64. The van der Waals surface area contributed by atoms with Crippen LogP contribution in [0.15, 0.2) is 23.1 Å². The molecule has 1 aromatic carbocycles. The molecular formula is C14H25N3O3S. The van der Waals surface area contributed by atoms with Crippen LogP contribution in [-0.2, 0) is 10.0 Å². The summed E-state index contributed by atoms with van der Waals surface area (Å²) in [5.41, 5.74) is 6.00. The van der Waals surface area contributed by atoms with E-state index in [2.05, 4.69) is 5.32 Å². The molecule has 6 nitrogen and oxygen atoms in total. The number of nitrogens with zero attached hydrogens (tertiary/aromatic N) is 1. The van der Waals surface area contributed by atoms with Crippen LogP contribution in [0.25, 0.3) is 0 Å². The molecule has 0 aliphatic heterocycles. The second-order valence-corrected chi connectivity index (χ2v) is 7.47. The molecule has 0 aromatic heterocycles. The van der Waals surface area contributed by atoms with Crippen LogP contribution in [0.2, 0.25) is 0 Å². The van der Waals surface area contributed by atoms with Crippen LogP contribution in [0.3, 0.4) is 0 Å². The third kappa shape index (κ3) is 4.09. The molecule has 0 amide bonds. The molecular weight excluding hydrogens is 290 g/mol. The Morgan fingerprint density at radius 1 is 1.29 bits per heavy atom. The van der Waals surface area contributed by atoms with Gasteiger partial charge < -0.3 is 16.2 Å². The lowest BCUT2D eigenvalue weighted by atomic mass is 9.97. The van der Waals surface area contributed by atoms with Crippen molar-refractivity contribution in [1.82, 2.24) is 4.31 Å². The van der Waals surface area contributed by atoms with Gasteiger partial charge in [-0.2, -0.15) is 0 Å². The minimum absolute atomic E-state index is 0.167. The van der Waals surface area contributed by atoms with E-state index in [1.807, 2.05) is 13.8 Å². The molecule has 0 saturated heterocycles. The van der Waals surface area contributed by atoms with Crippen molar-refractivity contribution in [3.8, 4) is 0 Å². The first-order chi connectivity index (χ1) is 9.66. The Balaban J connectivity index is 3.05. The molecule has 0 radical (unpaired) electrons. The third-order valence-corrected chi connectivity index (χ3v) is 5.54. The van der Waals surface area contributed by atoms with Gasteiger partial charge in [-0.3, -0.25) is 0 Å². The minimum atomic E-state index is -3.51. The van der Waals surface area contributed by atoms with Crippen molar-refractivity contribution < 1.29 is 13.5 Å². The standard InChI is InChI=1S/C14H25N3O3S/c1-5-14(18,6-2)10-16-13-9-11(7-8-12(13)15)21(19,20)17(3)4/h7-9,16,18H,5-6,10,15H2,1-4H3. The van der Waals surface area contributed by atoms with Crippen LogP contribution in [0.5, 0.6) is 0 Å². The molecule has 7 heteroatoms. The predicted octanol–water partition coefficient (Wildman–Crippen LogP) is 1.48. The zero-order chi connectivity index (χ0) is 16.3. The molecule has 0 heterocycles. The third-order valence-electron chi connectivity index (χ3n) is 3.73. The number of nitrogens with one attached hydrogen (secondary N) is 1. The summed E-state index contributed by atoms with van der Waals surface area (Å²) in [4.78, 5) is 0.167. The first-order valence-electron chi connectivity index (χ1n) is 6.94. The summed E-state index contributed by atoms with van der Waals surface area (Å²) in [5, 5.41) is 13.3. The summed E-state index contributed by atoms with van der Waals surface area (Å²) in [7, 11) is -0.550. The fourth-order valence-corrected chi connectivity index (χ4v) is 2.75. The van der Waals surface area contributed by atoms with Gasteiger partial charge in [-0.15, -0.1) is 0 Å². The zero-order valence-corrected chi connectivity index (χ0v) is 13.9. The first kappa shape index (κ1) is 17.7. The van der Waals surface area contributed by atoms with E-state index in [9.17, 15) is 13.5 Å². The number of aliphatic hydroxyl groups is 1. The molecule has 0 unspecified atom stereocenters. The van der Waals surface area contributed by atoms with Gasteiger partial charge in [0.2, 0.25) is 10.0 Å². The molecule has 0 aliphatic carbocycles. The first-order valence-corrected chi connectivity index (χ1v) is 8.38. The number of nitrogens with two attached hydrogens (primary N) is 1. The van der Waals surface area contributed by atoms with Crippen LogP contribution in [-0.4, -0.2) is 44.1 Å². The van der Waals surface area contributed by atoms with Gasteiger partial charge in [0, 0.05) is 20.6 Å². The van der Waals surface area contributed by atoms with Gasteiger partial charge in [0.15, 0.2) is 0 Å². The molecule has 0 atom stereocenters. The number of sulfonamides is 1. The largest absolute Gasteiger partial charge is 0.397 e. The van der Waals surface area contributed by atoms with Gasteiger partial charge in [0.05, 0.1) is 21.9 Å². The zero-order valence-electron chi connectivity index (χ0n) is 13.0. The molecule has 21 heavy (non-hydrogen) atoms. The summed E-state index contributed by atoms with van der Waals surface area (Å²) in [6.07, 6.45) is 1.21. The monoisotopic (exact) mass is 315 g/mol. The molecule has 4 N–H and O–H groups in total. The highest BCUT2D eigenvalue weighted by Gasteiger charge is 2.23. The summed E-state index contributed by atoms with van der Waals surface area (Å²) in [5.74, 6) is 0. The van der Waals surface area contributed by atoms with E-state index in [4.69, 9.17) is 5.73 Å². The molecule has 120 valence electrons. The van der Waals surface area contributed by atoms with Crippen molar-refractivity contribution in [3.05, 3.63) is 18.2 Å². The number of anilines is 2. The Kier molecular flexibility index (Phi) is 5.61. The highest BCUT2D eigenvalue weighted by atomic mass is 32.2. The Morgan fingerprint density at radius 2 is 1.86 bits per heavy atom. The lowest BCUT2D eigenvalue weighted by Gasteiger charge is -2.26. The topological polar surface area (TPSA) is 95.7 Å². The van der Waals surface area contributed by atoms with Crippen molar-refractivity contribution in [1.29, 1.82) is 0 Å². The molecule has 1 aromatic rings. The average Bonchev–Trinajstić information content (AvgIpc) is 2.45. The van der Waals surface area contributed by atoms with E-state index in [1.165, 1.54) is 26.2 Å². The number of nitrogen functional groups attached to an aromatic ring is 1. The average molecular weight is 315 g/mol. The van der Waals surface area contributed by atoms with Crippen molar-refractivity contribution in [2.24, 2.45) is 0 Å². The lowest BCUT2D eigenvalue weighted by molar-refractivity contribution is 0.0457. The van der Waals surface area contributed by atoms with Crippen LogP contribution >= 0.6 is 0 Å². The highest BCUT2D eigenvalue weighted by Crippen LogP contribution is 2.25. The minimum Gasteiger partial charge on any atom is -0.397 e. The van der Waals surface area contributed by atoms with E-state index in [0.717, 1.165) is 4.31 Å². The number of hydrogen-bond donors (Lipinski definition) is 3. The highest BCUT2D eigenvalue weighted by molar-refractivity contribution is 7.89. The van der Waals surface area contributed by atoms with E-state index in [-0.39, 0.29) is 4.90 Å². The molecule has 0 spiro atoms. The normalized spacial score (nSPS) is 12.7.